The highest BCUT2D eigenvalue weighted by molar-refractivity contribution is 6.84. The third-order valence-electron chi connectivity index (χ3n) is 3.12. The van der Waals surface area contributed by atoms with Crippen LogP contribution in [0.15, 0.2) is 54.6 Å². The van der Waals surface area contributed by atoms with Crippen molar-refractivity contribution < 1.29 is 9.53 Å². The minimum atomic E-state index is -1.59. The zero-order chi connectivity index (χ0) is 18.8. The van der Waals surface area contributed by atoms with Crippen LogP contribution in [0.5, 0.6) is 5.75 Å². The number of Topliss-reactive ketones (excluding diaryl/α,β-unsaturated/α-hetero) is 1. The van der Waals surface area contributed by atoms with E-state index < -0.39 is 8.07 Å². The molecule has 0 amide bonds. The fourth-order valence-corrected chi connectivity index (χ4v) is 2.41. The third-order valence-corrected chi connectivity index (χ3v) is 4.00. The van der Waals surface area contributed by atoms with Crippen molar-refractivity contribution in [2.75, 3.05) is 6.61 Å². The monoisotopic (exact) mass is 356 g/mol. The number of hydrogen-bond donors (Lipinski definition) is 0. The lowest BCUT2D eigenvalue weighted by Gasteiger charge is -2.03. The molecule has 0 fully saturated rings. The molecule has 0 spiro atoms. The predicted molar refractivity (Wildman–Crippen MR) is 108 cm³/mol. The molecule has 3 heteroatoms. The molecule has 0 aliphatic rings. The minimum Gasteiger partial charge on any atom is -0.481 e. The highest BCUT2D eigenvalue weighted by Gasteiger charge is 2.11. The van der Waals surface area contributed by atoms with Crippen LogP contribution in [-0.4, -0.2) is 20.5 Å². The van der Waals surface area contributed by atoms with Crippen molar-refractivity contribution in [1.82, 2.24) is 0 Å². The molecular weight excluding hydrogens is 336 g/mol. The molecular formula is C23H20O2Si. The lowest BCUT2D eigenvalue weighted by molar-refractivity contribution is 0.105. The van der Waals surface area contributed by atoms with Gasteiger partial charge in [0.05, 0.1) is 0 Å². The molecule has 0 saturated heterocycles. The average molecular weight is 356 g/mol. The van der Waals surface area contributed by atoms with E-state index in [0.717, 1.165) is 5.75 Å². The smallest absolute Gasteiger partial charge is 0.236 e. The van der Waals surface area contributed by atoms with Crippen molar-refractivity contribution >= 4 is 13.9 Å². The zero-order valence-corrected chi connectivity index (χ0v) is 16.2. The van der Waals surface area contributed by atoms with Gasteiger partial charge in [0.1, 0.15) is 20.4 Å². The maximum atomic E-state index is 12.3. The second kappa shape index (κ2) is 9.33. The maximum absolute atomic E-state index is 12.3. The van der Waals surface area contributed by atoms with E-state index in [2.05, 4.69) is 54.8 Å². The van der Waals surface area contributed by atoms with E-state index in [-0.39, 0.29) is 12.4 Å². The first-order valence-electron chi connectivity index (χ1n) is 8.29. The summed E-state index contributed by atoms with van der Waals surface area (Å²) < 4.78 is 5.47. The number of carbonyl (C=O) groups excluding carboxylic acids is 1. The number of carbonyl (C=O) groups is 1. The number of rotatable bonds is 3. The van der Waals surface area contributed by atoms with E-state index in [1.165, 1.54) is 0 Å². The Morgan fingerprint density at radius 3 is 2.38 bits per heavy atom. The Bertz CT molecular complexity index is 950. The Morgan fingerprint density at radius 2 is 1.65 bits per heavy atom. The second-order valence-corrected chi connectivity index (χ2v) is 11.3. The number of para-hydroxylation sites is 1. The first kappa shape index (κ1) is 19.1. The van der Waals surface area contributed by atoms with Crippen LogP contribution in [0.25, 0.3) is 0 Å². The molecule has 2 aromatic carbocycles. The summed E-state index contributed by atoms with van der Waals surface area (Å²) in [5, 5.41) is 0. The molecule has 0 saturated carbocycles. The van der Waals surface area contributed by atoms with Crippen LogP contribution in [0.1, 0.15) is 15.9 Å². The van der Waals surface area contributed by atoms with Gasteiger partial charge in [-0.15, -0.1) is 5.54 Å². The van der Waals surface area contributed by atoms with Crippen LogP contribution < -0.4 is 4.74 Å². The maximum Gasteiger partial charge on any atom is 0.236 e. The Morgan fingerprint density at radius 1 is 0.962 bits per heavy atom. The van der Waals surface area contributed by atoms with Gasteiger partial charge in [-0.05, 0) is 47.9 Å². The van der Waals surface area contributed by atoms with Gasteiger partial charge in [-0.3, -0.25) is 4.79 Å². The van der Waals surface area contributed by atoms with Crippen molar-refractivity contribution in [3.05, 3.63) is 65.7 Å². The summed E-state index contributed by atoms with van der Waals surface area (Å²) in [5.74, 6) is 14.6. The van der Waals surface area contributed by atoms with Gasteiger partial charge in [0.2, 0.25) is 5.78 Å². The Labute approximate surface area is 156 Å². The fourth-order valence-electron chi connectivity index (χ4n) is 1.92. The molecule has 2 rings (SSSR count). The molecule has 0 heterocycles. The highest BCUT2D eigenvalue weighted by Crippen LogP contribution is 2.09. The molecule has 26 heavy (non-hydrogen) atoms. The van der Waals surface area contributed by atoms with Crippen LogP contribution in [0, 0.1) is 35.1 Å². The quantitative estimate of drug-likeness (QED) is 0.468. The van der Waals surface area contributed by atoms with E-state index in [9.17, 15) is 4.79 Å². The Balaban J connectivity index is 2.05. The first-order chi connectivity index (χ1) is 12.5. The summed E-state index contributed by atoms with van der Waals surface area (Å²) in [6.45, 7) is 6.57. The zero-order valence-electron chi connectivity index (χ0n) is 15.2. The molecule has 0 N–H and O–H groups in total. The van der Waals surface area contributed by atoms with Gasteiger partial charge >= 0.3 is 0 Å². The number of ether oxygens (including phenoxy) is 1. The van der Waals surface area contributed by atoms with Crippen molar-refractivity contribution in [2.45, 2.75) is 19.6 Å². The van der Waals surface area contributed by atoms with Crippen molar-refractivity contribution in [2.24, 2.45) is 0 Å². The lowest BCUT2D eigenvalue weighted by Crippen LogP contribution is -2.17. The van der Waals surface area contributed by atoms with Gasteiger partial charge in [-0.2, -0.15) is 0 Å². The summed E-state index contributed by atoms with van der Waals surface area (Å²) in [4.78, 5) is 12.3. The van der Waals surface area contributed by atoms with Gasteiger partial charge in [-0.25, -0.2) is 0 Å². The second-order valence-electron chi connectivity index (χ2n) is 6.53. The van der Waals surface area contributed by atoms with Gasteiger partial charge in [0.15, 0.2) is 0 Å². The summed E-state index contributed by atoms with van der Waals surface area (Å²) in [7, 11) is -1.59. The minimum absolute atomic E-state index is 0.197. The van der Waals surface area contributed by atoms with Crippen molar-refractivity contribution in [1.29, 1.82) is 0 Å². The lowest BCUT2D eigenvalue weighted by atomic mass is 10.0. The summed E-state index contributed by atoms with van der Waals surface area (Å²) in [5.41, 5.74) is 4.25. The molecule has 0 radical (unpaired) electrons. The van der Waals surface area contributed by atoms with Gasteiger partial charge in [-0.1, -0.05) is 55.9 Å². The van der Waals surface area contributed by atoms with Gasteiger partial charge in [0.25, 0.3) is 0 Å². The van der Waals surface area contributed by atoms with E-state index >= 15 is 0 Å². The molecule has 0 unspecified atom stereocenters. The molecule has 128 valence electrons. The molecule has 0 atom stereocenters. The van der Waals surface area contributed by atoms with Gasteiger partial charge in [0, 0.05) is 11.1 Å². The molecule has 2 nitrogen and oxygen atoms in total. The van der Waals surface area contributed by atoms with E-state index in [4.69, 9.17) is 4.74 Å². The van der Waals surface area contributed by atoms with Crippen molar-refractivity contribution in [3.63, 3.8) is 0 Å². The van der Waals surface area contributed by atoms with Crippen LogP contribution >= 0.6 is 0 Å². The number of ketones is 1. The van der Waals surface area contributed by atoms with Gasteiger partial charge < -0.3 is 4.74 Å². The molecule has 0 bridgehead atoms. The van der Waals surface area contributed by atoms with Crippen LogP contribution in [-0.2, 0) is 0 Å². The van der Waals surface area contributed by atoms with Crippen LogP contribution in [0.4, 0.5) is 0 Å². The topological polar surface area (TPSA) is 26.3 Å². The molecule has 0 aliphatic heterocycles. The highest BCUT2D eigenvalue weighted by atomic mass is 28.3. The summed E-state index contributed by atoms with van der Waals surface area (Å²) in [6, 6.07) is 16.7. The number of benzene rings is 2. The average Bonchev–Trinajstić information content (AvgIpc) is 2.63. The van der Waals surface area contributed by atoms with Crippen LogP contribution in [0.2, 0.25) is 19.6 Å². The van der Waals surface area contributed by atoms with E-state index in [1.54, 1.807) is 12.1 Å². The summed E-state index contributed by atoms with van der Waals surface area (Å²) in [6.07, 6.45) is 0. The van der Waals surface area contributed by atoms with E-state index in [0.29, 0.717) is 11.1 Å². The fraction of sp³-hybridized carbons (Fsp3) is 0.174. The largest absolute Gasteiger partial charge is 0.481 e. The van der Waals surface area contributed by atoms with Crippen molar-refractivity contribution in [3.8, 4) is 40.9 Å². The molecule has 0 aliphatic carbocycles. The first-order valence-corrected chi connectivity index (χ1v) is 11.8. The molecule has 2 aromatic rings. The predicted octanol–water partition coefficient (Wildman–Crippen LogP) is 4.18. The normalized spacial score (nSPS) is 9.50. The SMILES string of the molecule is C[Si](C)(C)C#CC(=O)c1ccccc1C#CC#CCOc1ccccc1. The van der Waals surface area contributed by atoms with E-state index in [1.807, 2.05) is 42.5 Å². The molecule has 0 aromatic heterocycles. The standard InChI is InChI=1S/C23H20O2Si/c1-26(2,3)19-17-23(24)22-16-10-9-13-20(22)12-6-5-11-18-25-21-14-7-4-8-15-21/h4,7-10,13-16H,18H2,1-3H3. The number of hydrogen-bond acceptors (Lipinski definition) is 2. The summed E-state index contributed by atoms with van der Waals surface area (Å²) >= 11 is 0. The van der Waals surface area contributed by atoms with Crippen LogP contribution in [0.3, 0.4) is 0 Å². The third kappa shape index (κ3) is 6.74. The Kier molecular flexibility index (Phi) is 6.87. The Hall–Kier alpha value is -3.19.